The molecule has 6 nitrogen and oxygen atoms in total. The second-order valence-electron chi connectivity index (χ2n) is 8.35. The zero-order chi connectivity index (χ0) is 25.5. The number of alkyl halides is 3. The molecule has 0 saturated carbocycles. The zero-order valence-corrected chi connectivity index (χ0v) is 19.3. The molecule has 0 aliphatic heterocycles. The maximum atomic E-state index is 13.2. The van der Waals surface area contributed by atoms with E-state index in [1.165, 1.54) is 6.07 Å². The van der Waals surface area contributed by atoms with Crippen LogP contribution in [0.4, 0.5) is 13.2 Å². The molecule has 1 N–H and O–H groups in total. The number of hydrogen-bond donors (Lipinski definition) is 1. The van der Waals surface area contributed by atoms with Crippen molar-refractivity contribution in [1.82, 2.24) is 0 Å². The van der Waals surface area contributed by atoms with Crippen molar-refractivity contribution in [2.24, 2.45) is 5.92 Å². The molecule has 35 heavy (non-hydrogen) atoms. The van der Waals surface area contributed by atoms with E-state index in [0.29, 0.717) is 5.75 Å². The average Bonchev–Trinajstić information content (AvgIpc) is 2.81. The van der Waals surface area contributed by atoms with Crippen molar-refractivity contribution in [3.63, 3.8) is 0 Å². The van der Waals surface area contributed by atoms with E-state index < -0.39 is 36.0 Å². The fourth-order valence-corrected chi connectivity index (χ4v) is 3.31. The van der Waals surface area contributed by atoms with Crippen molar-refractivity contribution in [3.8, 4) is 17.2 Å². The second-order valence-corrected chi connectivity index (χ2v) is 8.35. The van der Waals surface area contributed by atoms with Crippen molar-refractivity contribution in [3.05, 3.63) is 78.4 Å². The molecular weight excluding hydrogens is 465 g/mol. The van der Waals surface area contributed by atoms with Crippen LogP contribution in [-0.2, 0) is 20.4 Å². The molecule has 0 aromatic heterocycles. The fraction of sp³-hybridized carbons (Fsp3) is 0.346. The van der Waals surface area contributed by atoms with Crippen LogP contribution in [0.1, 0.15) is 19.4 Å². The number of carbonyl (C=O) groups is 1. The van der Waals surface area contributed by atoms with Gasteiger partial charge in [0.1, 0.15) is 24.1 Å². The summed E-state index contributed by atoms with van der Waals surface area (Å²) < 4.78 is 62.6. The Morgan fingerprint density at radius 3 is 2.51 bits per heavy atom. The molecule has 2 aromatic carbocycles. The summed E-state index contributed by atoms with van der Waals surface area (Å²) in [4.78, 5) is 10.9. The lowest BCUT2D eigenvalue weighted by Crippen LogP contribution is -2.44. The van der Waals surface area contributed by atoms with Gasteiger partial charge in [-0.25, -0.2) is 4.79 Å². The smallest absolute Gasteiger partial charge is 0.416 e. The molecule has 0 fully saturated rings. The molecule has 9 heteroatoms. The predicted octanol–water partition coefficient (Wildman–Crippen LogP) is 5.88. The van der Waals surface area contributed by atoms with Gasteiger partial charge in [0.25, 0.3) is 0 Å². The summed E-state index contributed by atoms with van der Waals surface area (Å²) >= 11 is 0. The van der Waals surface area contributed by atoms with Crippen LogP contribution in [0.5, 0.6) is 17.2 Å². The first kappa shape index (κ1) is 26.3. The van der Waals surface area contributed by atoms with E-state index in [1.54, 1.807) is 61.6 Å². The Bertz CT molecular complexity index is 1050. The minimum atomic E-state index is -4.52. The summed E-state index contributed by atoms with van der Waals surface area (Å²) in [7, 11) is 0. The minimum Gasteiger partial charge on any atom is -0.489 e. The van der Waals surface area contributed by atoms with Crippen molar-refractivity contribution in [1.29, 1.82) is 0 Å². The van der Waals surface area contributed by atoms with Gasteiger partial charge in [0.05, 0.1) is 18.8 Å². The number of aliphatic carboxylic acids is 1. The van der Waals surface area contributed by atoms with Gasteiger partial charge in [0.2, 0.25) is 0 Å². The van der Waals surface area contributed by atoms with Crippen LogP contribution < -0.4 is 9.47 Å². The van der Waals surface area contributed by atoms with Gasteiger partial charge in [0.15, 0.2) is 11.5 Å². The summed E-state index contributed by atoms with van der Waals surface area (Å²) in [6.45, 7) is 3.57. The van der Waals surface area contributed by atoms with Gasteiger partial charge in [-0.3, -0.25) is 0 Å². The normalized spacial score (nSPS) is 20.4. The molecule has 3 unspecified atom stereocenters. The van der Waals surface area contributed by atoms with Gasteiger partial charge in [-0.1, -0.05) is 49.4 Å². The number of halogens is 3. The van der Waals surface area contributed by atoms with Gasteiger partial charge in [0, 0.05) is 5.92 Å². The average molecular weight is 492 g/mol. The summed E-state index contributed by atoms with van der Waals surface area (Å²) in [6, 6.07) is 11.6. The van der Waals surface area contributed by atoms with E-state index in [2.05, 4.69) is 0 Å². The third kappa shape index (κ3) is 7.60. The summed E-state index contributed by atoms with van der Waals surface area (Å²) in [5.41, 5.74) is -1.72. The third-order valence-corrected chi connectivity index (χ3v) is 5.22. The van der Waals surface area contributed by atoms with Gasteiger partial charge >= 0.3 is 12.1 Å². The number of allylic oxidation sites excluding steroid dienone is 2. The number of carboxylic acids is 1. The Morgan fingerprint density at radius 1 is 1.09 bits per heavy atom. The molecule has 1 aliphatic rings. The van der Waals surface area contributed by atoms with Crippen LogP contribution in [0, 0.1) is 5.92 Å². The van der Waals surface area contributed by atoms with E-state index in [4.69, 9.17) is 24.1 Å². The van der Waals surface area contributed by atoms with E-state index in [9.17, 15) is 18.0 Å². The SMILES string of the molecule is CC(COc1ccc(C(F)(F)F)cc1Oc1ccccc1)COC1(C)C=CC=CC1OCC(=O)O. The Balaban J connectivity index is 1.64. The summed E-state index contributed by atoms with van der Waals surface area (Å²) in [6.07, 6.45) is 1.94. The first-order valence-electron chi connectivity index (χ1n) is 11.0. The molecule has 0 saturated heterocycles. The molecule has 1 aliphatic carbocycles. The highest BCUT2D eigenvalue weighted by Crippen LogP contribution is 2.38. The molecule has 0 bridgehead atoms. The van der Waals surface area contributed by atoms with Crippen LogP contribution in [0.2, 0.25) is 0 Å². The maximum Gasteiger partial charge on any atom is 0.416 e. The van der Waals surface area contributed by atoms with E-state index in [1.807, 2.05) is 6.92 Å². The van der Waals surface area contributed by atoms with E-state index in [0.717, 1.165) is 12.1 Å². The van der Waals surface area contributed by atoms with Crippen LogP contribution in [0.3, 0.4) is 0 Å². The first-order chi connectivity index (χ1) is 16.6. The molecule has 0 spiro atoms. The predicted molar refractivity (Wildman–Crippen MR) is 123 cm³/mol. The van der Waals surface area contributed by atoms with E-state index >= 15 is 0 Å². The van der Waals surface area contributed by atoms with Crippen LogP contribution in [0.25, 0.3) is 0 Å². The van der Waals surface area contributed by atoms with Gasteiger partial charge in [-0.15, -0.1) is 0 Å². The lowest BCUT2D eigenvalue weighted by atomic mass is 9.93. The summed E-state index contributed by atoms with van der Waals surface area (Å²) in [5, 5.41) is 8.89. The minimum absolute atomic E-state index is 0.0476. The highest BCUT2D eigenvalue weighted by molar-refractivity contribution is 5.68. The molecule has 0 amide bonds. The standard InChI is InChI=1S/C26H27F3O6/c1-18(16-34-25(2)13-7-6-10-23(25)33-17-24(30)31)15-32-21-12-11-19(26(27,28)29)14-22(21)35-20-8-4-3-5-9-20/h3-14,18,23H,15-17H2,1-2H3,(H,30,31). The molecular formula is C26H27F3O6. The highest BCUT2D eigenvalue weighted by atomic mass is 19.4. The lowest BCUT2D eigenvalue weighted by Gasteiger charge is -2.35. The number of benzene rings is 2. The molecule has 3 rings (SSSR count). The third-order valence-electron chi connectivity index (χ3n) is 5.22. The van der Waals surface area contributed by atoms with Crippen LogP contribution in [0.15, 0.2) is 72.8 Å². The molecule has 2 aromatic rings. The first-order valence-corrected chi connectivity index (χ1v) is 11.0. The molecule has 3 atom stereocenters. The number of carboxylic acid groups (broad SMARTS) is 1. The Kier molecular flexibility index (Phi) is 8.58. The van der Waals surface area contributed by atoms with E-state index in [-0.39, 0.29) is 30.6 Å². The second kappa shape index (κ2) is 11.4. The van der Waals surface area contributed by atoms with Crippen molar-refractivity contribution < 1.29 is 42.0 Å². The van der Waals surface area contributed by atoms with Gasteiger partial charge < -0.3 is 24.1 Å². The largest absolute Gasteiger partial charge is 0.489 e. The zero-order valence-electron chi connectivity index (χ0n) is 19.3. The fourth-order valence-electron chi connectivity index (χ4n) is 3.31. The number of para-hydroxylation sites is 1. The highest BCUT2D eigenvalue weighted by Gasteiger charge is 2.35. The van der Waals surface area contributed by atoms with Crippen LogP contribution >= 0.6 is 0 Å². The molecule has 0 heterocycles. The quantitative estimate of drug-likeness (QED) is 0.422. The van der Waals surface area contributed by atoms with Crippen molar-refractivity contribution in [2.75, 3.05) is 19.8 Å². The summed E-state index contributed by atoms with van der Waals surface area (Å²) in [5.74, 6) is -0.734. The molecule has 188 valence electrons. The van der Waals surface area contributed by atoms with Gasteiger partial charge in [-0.05, 0) is 37.3 Å². The lowest BCUT2D eigenvalue weighted by molar-refractivity contribution is -0.150. The maximum absolute atomic E-state index is 13.2. The number of rotatable bonds is 11. The topological polar surface area (TPSA) is 74.2 Å². The number of hydrogen-bond acceptors (Lipinski definition) is 5. The monoisotopic (exact) mass is 492 g/mol. The Morgan fingerprint density at radius 2 is 1.83 bits per heavy atom. The Labute approximate surface area is 201 Å². The van der Waals surface area contributed by atoms with Gasteiger partial charge in [-0.2, -0.15) is 13.2 Å². The molecule has 0 radical (unpaired) electrons. The van der Waals surface area contributed by atoms with Crippen LogP contribution in [-0.4, -0.2) is 42.6 Å². The number of ether oxygens (including phenoxy) is 4. The van der Waals surface area contributed by atoms with Crippen molar-refractivity contribution in [2.45, 2.75) is 31.7 Å². The van der Waals surface area contributed by atoms with Crippen molar-refractivity contribution >= 4 is 5.97 Å². The Hall–Kier alpha value is -3.30.